The Morgan fingerprint density at radius 2 is 1.59 bits per heavy atom. The number of likely N-dealkylation sites (N-methyl/N-ethyl adjacent to an activating group) is 1. The van der Waals surface area contributed by atoms with E-state index in [2.05, 4.69) is 5.32 Å². The summed E-state index contributed by atoms with van der Waals surface area (Å²) in [5.41, 5.74) is 0.943. The normalized spacial score (nSPS) is 11.6. The number of aromatic nitrogens is 2. The zero-order valence-corrected chi connectivity index (χ0v) is 17.2. The number of para-hydroxylation sites is 1. The van der Waals surface area contributed by atoms with Crippen molar-refractivity contribution in [1.82, 2.24) is 13.7 Å². The molecule has 0 saturated carbocycles. The molecule has 0 atom stereocenters. The highest BCUT2D eigenvalue weighted by Crippen LogP contribution is 2.16. The van der Waals surface area contributed by atoms with Crippen LogP contribution in [0.3, 0.4) is 0 Å². The van der Waals surface area contributed by atoms with Crippen LogP contribution < -0.4 is 10.9 Å². The number of nitrogens with one attached hydrogen (secondary N) is 1. The monoisotopic (exact) mass is 414 g/mol. The van der Waals surface area contributed by atoms with E-state index in [0.717, 1.165) is 4.31 Å². The van der Waals surface area contributed by atoms with Crippen LogP contribution in [-0.4, -0.2) is 41.6 Å². The van der Waals surface area contributed by atoms with Gasteiger partial charge >= 0.3 is 0 Å². The van der Waals surface area contributed by atoms with E-state index in [9.17, 15) is 18.0 Å². The quantitative estimate of drug-likeness (QED) is 0.665. The topological polar surface area (TPSA) is 93.4 Å². The number of hydrogen-bond acceptors (Lipinski definition) is 4. The van der Waals surface area contributed by atoms with Crippen LogP contribution in [0.4, 0.5) is 5.69 Å². The molecule has 1 amide bonds. The fraction of sp³-hybridized carbons (Fsp3) is 0.200. The molecular formula is C20H22N4O4S. The summed E-state index contributed by atoms with van der Waals surface area (Å²) in [6, 6.07) is 16.9. The van der Waals surface area contributed by atoms with Crippen molar-refractivity contribution in [3.63, 3.8) is 0 Å². The summed E-state index contributed by atoms with van der Waals surface area (Å²) < 4.78 is 29.2. The Morgan fingerprint density at radius 1 is 1.03 bits per heavy atom. The third kappa shape index (κ3) is 4.01. The highest BCUT2D eigenvalue weighted by Gasteiger charge is 2.24. The summed E-state index contributed by atoms with van der Waals surface area (Å²) in [4.78, 5) is 25.4. The number of amides is 1. The Hall–Kier alpha value is -3.17. The lowest BCUT2D eigenvalue weighted by atomic mass is 10.3. The first-order valence-electron chi connectivity index (χ1n) is 8.88. The van der Waals surface area contributed by atoms with E-state index >= 15 is 0 Å². The molecule has 0 aliphatic heterocycles. The van der Waals surface area contributed by atoms with Crippen LogP contribution in [0.25, 0.3) is 5.69 Å². The number of anilines is 1. The third-order valence-electron chi connectivity index (χ3n) is 4.64. The lowest BCUT2D eigenvalue weighted by Crippen LogP contribution is -2.35. The average Bonchev–Trinajstić information content (AvgIpc) is 2.92. The van der Waals surface area contributed by atoms with E-state index in [-0.39, 0.29) is 10.6 Å². The number of nitrogens with zero attached hydrogens (tertiary/aromatic N) is 3. The molecule has 0 aliphatic rings. The minimum absolute atomic E-state index is 0.0950. The number of hydrogen-bond donors (Lipinski definition) is 1. The van der Waals surface area contributed by atoms with Gasteiger partial charge < -0.3 is 5.32 Å². The van der Waals surface area contributed by atoms with Crippen molar-refractivity contribution < 1.29 is 13.2 Å². The summed E-state index contributed by atoms with van der Waals surface area (Å²) in [6.45, 7) is 1.29. The van der Waals surface area contributed by atoms with Gasteiger partial charge in [-0.05, 0) is 31.2 Å². The van der Waals surface area contributed by atoms with Crippen LogP contribution in [0.5, 0.6) is 0 Å². The second-order valence-electron chi connectivity index (χ2n) is 6.56. The van der Waals surface area contributed by atoms with Crippen molar-refractivity contribution in [1.29, 1.82) is 0 Å². The van der Waals surface area contributed by atoms with Gasteiger partial charge in [-0.25, -0.2) is 13.1 Å². The van der Waals surface area contributed by atoms with Crippen molar-refractivity contribution in [2.24, 2.45) is 7.05 Å². The predicted octanol–water partition coefficient (Wildman–Crippen LogP) is 1.74. The van der Waals surface area contributed by atoms with Gasteiger partial charge in [0.05, 0.1) is 22.8 Å². The predicted molar refractivity (Wildman–Crippen MR) is 111 cm³/mol. The molecular weight excluding hydrogens is 392 g/mol. The number of rotatable bonds is 6. The summed E-state index contributed by atoms with van der Waals surface area (Å²) >= 11 is 0. The molecule has 0 radical (unpaired) electrons. The van der Waals surface area contributed by atoms with Crippen LogP contribution in [-0.2, 0) is 21.9 Å². The average molecular weight is 414 g/mol. The lowest BCUT2D eigenvalue weighted by molar-refractivity contribution is -0.116. The Kier molecular flexibility index (Phi) is 5.71. The second-order valence-corrected chi connectivity index (χ2v) is 8.60. The fourth-order valence-electron chi connectivity index (χ4n) is 2.95. The van der Waals surface area contributed by atoms with Crippen LogP contribution in [0.15, 0.2) is 70.4 Å². The maximum absolute atomic E-state index is 12.8. The number of benzene rings is 2. The highest BCUT2D eigenvalue weighted by molar-refractivity contribution is 7.89. The van der Waals surface area contributed by atoms with Crippen LogP contribution in [0, 0.1) is 6.92 Å². The van der Waals surface area contributed by atoms with E-state index in [0.29, 0.717) is 11.4 Å². The Bertz CT molecular complexity index is 1180. The minimum atomic E-state index is -3.81. The van der Waals surface area contributed by atoms with E-state index in [1.54, 1.807) is 49.0 Å². The lowest BCUT2D eigenvalue weighted by Gasteiger charge is -2.16. The van der Waals surface area contributed by atoms with Gasteiger partial charge in [-0.3, -0.25) is 14.3 Å². The first-order chi connectivity index (χ1) is 13.7. The Morgan fingerprint density at radius 3 is 2.17 bits per heavy atom. The summed E-state index contributed by atoms with van der Waals surface area (Å²) in [6.07, 6.45) is 0. The van der Waals surface area contributed by atoms with Crippen molar-refractivity contribution in [3.05, 3.63) is 76.7 Å². The molecule has 0 aliphatic carbocycles. The molecule has 3 rings (SSSR count). The molecule has 0 saturated heterocycles. The Balaban J connectivity index is 1.82. The van der Waals surface area contributed by atoms with Crippen LogP contribution in [0.2, 0.25) is 0 Å². The molecule has 0 spiro atoms. The maximum Gasteiger partial charge on any atom is 0.295 e. The van der Waals surface area contributed by atoms with Crippen LogP contribution >= 0.6 is 0 Å². The summed E-state index contributed by atoms with van der Waals surface area (Å²) in [5, 5.41) is 2.56. The van der Waals surface area contributed by atoms with Crippen molar-refractivity contribution >= 4 is 21.6 Å². The zero-order valence-electron chi connectivity index (χ0n) is 16.4. The smallest absolute Gasteiger partial charge is 0.295 e. The molecule has 3 aromatic rings. The first kappa shape index (κ1) is 20.6. The molecule has 0 bridgehead atoms. The van der Waals surface area contributed by atoms with Crippen LogP contribution in [0.1, 0.15) is 5.69 Å². The minimum Gasteiger partial charge on any atom is -0.319 e. The van der Waals surface area contributed by atoms with Gasteiger partial charge in [-0.1, -0.05) is 36.4 Å². The molecule has 1 heterocycles. The molecule has 0 unspecified atom stereocenters. The van der Waals surface area contributed by atoms with Gasteiger partial charge in [0.15, 0.2) is 0 Å². The molecule has 29 heavy (non-hydrogen) atoms. The largest absolute Gasteiger partial charge is 0.319 e. The number of carbonyl (C=O) groups is 1. The van der Waals surface area contributed by atoms with Gasteiger partial charge in [0.1, 0.15) is 5.69 Å². The Labute approximate surface area is 169 Å². The van der Waals surface area contributed by atoms with E-state index in [4.69, 9.17) is 0 Å². The second kappa shape index (κ2) is 8.06. The van der Waals surface area contributed by atoms with Gasteiger partial charge in [0, 0.05) is 14.1 Å². The van der Waals surface area contributed by atoms with E-state index < -0.39 is 28.0 Å². The summed E-state index contributed by atoms with van der Waals surface area (Å²) in [5.74, 6) is -0.599. The molecule has 2 aromatic carbocycles. The standard InChI is InChI=1S/C20H22N4O4S/c1-15-19(20(26)24(23(15)3)16-10-6-4-7-11-16)21-18(25)14-22(2)29(27,28)17-12-8-5-9-13-17/h4-13H,14H2,1-3H3,(H,21,25). The zero-order chi connectivity index (χ0) is 21.2. The number of sulfonamides is 1. The van der Waals surface area contributed by atoms with Gasteiger partial charge in [-0.15, -0.1) is 0 Å². The van der Waals surface area contributed by atoms with Crippen molar-refractivity contribution in [2.45, 2.75) is 11.8 Å². The first-order valence-corrected chi connectivity index (χ1v) is 10.3. The third-order valence-corrected chi connectivity index (χ3v) is 6.45. The fourth-order valence-corrected chi connectivity index (χ4v) is 4.10. The molecule has 9 heteroatoms. The van der Waals surface area contributed by atoms with E-state index in [1.165, 1.54) is 23.9 Å². The molecule has 1 aromatic heterocycles. The molecule has 152 valence electrons. The highest BCUT2D eigenvalue weighted by atomic mass is 32.2. The SMILES string of the molecule is Cc1c(NC(=O)CN(C)S(=O)(=O)c2ccccc2)c(=O)n(-c2ccccc2)n1C. The summed E-state index contributed by atoms with van der Waals surface area (Å²) in [7, 11) is -0.773. The maximum atomic E-state index is 12.8. The van der Waals surface area contributed by atoms with Gasteiger partial charge in [0.2, 0.25) is 15.9 Å². The number of carbonyl (C=O) groups excluding carboxylic acids is 1. The van der Waals surface area contributed by atoms with E-state index in [1.807, 2.05) is 18.2 Å². The van der Waals surface area contributed by atoms with Crippen molar-refractivity contribution in [3.8, 4) is 5.69 Å². The molecule has 0 fully saturated rings. The molecule has 8 nitrogen and oxygen atoms in total. The van der Waals surface area contributed by atoms with Gasteiger partial charge in [0.25, 0.3) is 5.56 Å². The molecule has 1 N–H and O–H groups in total. The van der Waals surface area contributed by atoms with Crippen molar-refractivity contribution in [2.75, 3.05) is 18.9 Å². The van der Waals surface area contributed by atoms with Gasteiger partial charge in [-0.2, -0.15) is 4.31 Å².